The Labute approximate surface area is 128 Å². The Kier molecular flexibility index (Phi) is 4.85. The standard InChI is InChI=1S/C17H30N2O2/c1-11(12-5-7-21-8-6-12)19-17(20)15-9-13-3-2-4-14(10-15)16(13)18/h11-16H,2-10,18H2,1H3,(H,19,20). The highest BCUT2D eigenvalue weighted by Crippen LogP contribution is 2.42. The molecule has 1 saturated heterocycles. The summed E-state index contributed by atoms with van der Waals surface area (Å²) in [5.41, 5.74) is 6.32. The molecule has 4 heteroatoms. The molecule has 21 heavy (non-hydrogen) atoms. The Bertz CT molecular complexity index is 354. The van der Waals surface area contributed by atoms with Gasteiger partial charge in [0.05, 0.1) is 0 Å². The van der Waals surface area contributed by atoms with E-state index in [9.17, 15) is 4.79 Å². The lowest BCUT2D eigenvalue weighted by Gasteiger charge is -2.44. The predicted octanol–water partition coefficient (Wildman–Crippen LogP) is 2.07. The van der Waals surface area contributed by atoms with Crippen LogP contribution in [0, 0.1) is 23.7 Å². The topological polar surface area (TPSA) is 64.4 Å². The Morgan fingerprint density at radius 1 is 1.14 bits per heavy atom. The number of amides is 1. The van der Waals surface area contributed by atoms with Crippen LogP contribution in [-0.4, -0.2) is 31.2 Å². The number of rotatable bonds is 3. The summed E-state index contributed by atoms with van der Waals surface area (Å²) in [5, 5.41) is 3.29. The van der Waals surface area contributed by atoms with E-state index in [1.54, 1.807) is 0 Å². The van der Waals surface area contributed by atoms with E-state index in [1.165, 1.54) is 19.3 Å². The summed E-state index contributed by atoms with van der Waals surface area (Å²) in [6.07, 6.45) is 7.89. The van der Waals surface area contributed by atoms with Gasteiger partial charge in [0.25, 0.3) is 0 Å². The van der Waals surface area contributed by atoms with Crippen LogP contribution in [0.3, 0.4) is 0 Å². The van der Waals surface area contributed by atoms with E-state index >= 15 is 0 Å². The summed E-state index contributed by atoms with van der Waals surface area (Å²) >= 11 is 0. The fourth-order valence-corrected chi connectivity index (χ4v) is 4.68. The van der Waals surface area contributed by atoms with Crippen LogP contribution >= 0.6 is 0 Å². The van der Waals surface area contributed by atoms with Gasteiger partial charge in [-0.3, -0.25) is 4.79 Å². The third kappa shape index (κ3) is 3.42. The van der Waals surface area contributed by atoms with Gasteiger partial charge in [0.1, 0.15) is 0 Å². The maximum Gasteiger partial charge on any atom is 0.223 e. The number of hydrogen-bond donors (Lipinski definition) is 2. The zero-order valence-electron chi connectivity index (χ0n) is 13.2. The highest BCUT2D eigenvalue weighted by Gasteiger charge is 2.40. The molecule has 3 rings (SSSR count). The maximum atomic E-state index is 12.6. The van der Waals surface area contributed by atoms with Crippen molar-refractivity contribution in [3.05, 3.63) is 0 Å². The van der Waals surface area contributed by atoms with Gasteiger partial charge < -0.3 is 15.8 Å². The minimum atomic E-state index is 0.197. The molecule has 120 valence electrons. The first-order valence-corrected chi connectivity index (χ1v) is 8.79. The maximum absolute atomic E-state index is 12.6. The Morgan fingerprint density at radius 3 is 2.38 bits per heavy atom. The van der Waals surface area contributed by atoms with Gasteiger partial charge in [-0.2, -0.15) is 0 Å². The summed E-state index contributed by atoms with van der Waals surface area (Å²) in [5.74, 6) is 2.20. The third-order valence-corrected chi connectivity index (χ3v) is 6.13. The molecular formula is C17H30N2O2. The van der Waals surface area contributed by atoms with Crippen molar-refractivity contribution in [3.63, 3.8) is 0 Å². The Hall–Kier alpha value is -0.610. The molecule has 0 aromatic carbocycles. The first kappa shape index (κ1) is 15.3. The highest BCUT2D eigenvalue weighted by molar-refractivity contribution is 5.79. The van der Waals surface area contributed by atoms with Crippen LogP contribution < -0.4 is 11.1 Å². The summed E-state index contributed by atoms with van der Waals surface area (Å²) < 4.78 is 5.41. The average molecular weight is 294 g/mol. The van der Waals surface area contributed by atoms with E-state index in [-0.39, 0.29) is 17.9 Å². The molecule has 3 N–H and O–H groups in total. The number of carbonyl (C=O) groups excluding carboxylic acids is 1. The van der Waals surface area contributed by atoms with Crippen molar-refractivity contribution >= 4 is 5.91 Å². The van der Waals surface area contributed by atoms with E-state index in [2.05, 4.69) is 12.2 Å². The SMILES string of the molecule is CC(NC(=O)C1CC2CCCC(C1)C2N)C1CCOCC1. The second-order valence-electron chi connectivity index (χ2n) is 7.44. The molecule has 2 bridgehead atoms. The quantitative estimate of drug-likeness (QED) is 0.837. The van der Waals surface area contributed by atoms with Crippen molar-refractivity contribution in [2.75, 3.05) is 13.2 Å². The van der Waals surface area contributed by atoms with E-state index in [0.29, 0.717) is 23.8 Å². The van der Waals surface area contributed by atoms with Crippen molar-refractivity contribution in [1.29, 1.82) is 0 Å². The molecule has 2 saturated carbocycles. The molecule has 0 spiro atoms. The zero-order valence-corrected chi connectivity index (χ0v) is 13.2. The monoisotopic (exact) mass is 294 g/mol. The van der Waals surface area contributed by atoms with Crippen molar-refractivity contribution in [2.45, 2.75) is 64.0 Å². The van der Waals surface area contributed by atoms with Crippen LogP contribution in [0.5, 0.6) is 0 Å². The van der Waals surface area contributed by atoms with Gasteiger partial charge in [-0.15, -0.1) is 0 Å². The normalized spacial score (nSPS) is 38.8. The largest absolute Gasteiger partial charge is 0.381 e. The van der Waals surface area contributed by atoms with Crippen molar-refractivity contribution in [2.24, 2.45) is 29.4 Å². The number of hydrogen-bond acceptors (Lipinski definition) is 3. The molecule has 2 aliphatic carbocycles. The summed E-state index contributed by atoms with van der Waals surface area (Å²) in [7, 11) is 0. The molecule has 0 aromatic rings. The van der Waals surface area contributed by atoms with Crippen molar-refractivity contribution in [3.8, 4) is 0 Å². The van der Waals surface area contributed by atoms with Crippen LogP contribution in [0.4, 0.5) is 0 Å². The molecule has 1 amide bonds. The molecule has 3 aliphatic rings. The molecule has 1 heterocycles. The summed E-state index contributed by atoms with van der Waals surface area (Å²) in [6.45, 7) is 3.84. The van der Waals surface area contributed by atoms with Gasteiger partial charge in [0.2, 0.25) is 5.91 Å². The predicted molar refractivity (Wildman–Crippen MR) is 82.7 cm³/mol. The second-order valence-corrected chi connectivity index (χ2v) is 7.44. The van der Waals surface area contributed by atoms with Crippen LogP contribution in [-0.2, 0) is 9.53 Å². The van der Waals surface area contributed by atoms with Crippen LogP contribution in [0.15, 0.2) is 0 Å². The number of ether oxygens (including phenoxy) is 1. The lowest BCUT2D eigenvalue weighted by molar-refractivity contribution is -0.129. The third-order valence-electron chi connectivity index (χ3n) is 6.13. The van der Waals surface area contributed by atoms with Gasteiger partial charge in [-0.05, 0) is 63.2 Å². The lowest BCUT2D eigenvalue weighted by Crippen LogP contribution is -2.50. The molecule has 0 aromatic heterocycles. The average Bonchev–Trinajstić information content (AvgIpc) is 2.47. The first-order valence-electron chi connectivity index (χ1n) is 8.79. The molecule has 3 unspecified atom stereocenters. The van der Waals surface area contributed by atoms with Crippen molar-refractivity contribution < 1.29 is 9.53 Å². The molecule has 0 radical (unpaired) electrons. The fraction of sp³-hybridized carbons (Fsp3) is 0.941. The summed E-state index contributed by atoms with van der Waals surface area (Å²) in [4.78, 5) is 12.6. The van der Waals surface area contributed by atoms with Crippen LogP contribution in [0.2, 0.25) is 0 Å². The molecular weight excluding hydrogens is 264 g/mol. The van der Waals surface area contributed by atoms with Gasteiger partial charge >= 0.3 is 0 Å². The van der Waals surface area contributed by atoms with Crippen LogP contribution in [0.1, 0.15) is 51.9 Å². The number of carbonyl (C=O) groups is 1. The fourth-order valence-electron chi connectivity index (χ4n) is 4.68. The molecule has 3 atom stereocenters. The van der Waals surface area contributed by atoms with E-state index < -0.39 is 0 Å². The number of nitrogens with two attached hydrogens (primary N) is 1. The van der Waals surface area contributed by atoms with Gasteiger partial charge in [0.15, 0.2) is 0 Å². The molecule has 3 fully saturated rings. The summed E-state index contributed by atoms with van der Waals surface area (Å²) in [6, 6.07) is 0.618. The number of fused-ring (bicyclic) bond motifs is 2. The minimum absolute atomic E-state index is 0.197. The first-order chi connectivity index (χ1) is 10.1. The van der Waals surface area contributed by atoms with Crippen molar-refractivity contribution in [1.82, 2.24) is 5.32 Å². The lowest BCUT2D eigenvalue weighted by atomic mass is 9.65. The van der Waals surface area contributed by atoms with E-state index in [0.717, 1.165) is 38.9 Å². The van der Waals surface area contributed by atoms with Gasteiger partial charge in [-0.25, -0.2) is 0 Å². The molecule has 4 nitrogen and oxygen atoms in total. The van der Waals surface area contributed by atoms with Gasteiger partial charge in [0, 0.05) is 31.2 Å². The van der Waals surface area contributed by atoms with E-state index in [4.69, 9.17) is 10.5 Å². The second kappa shape index (κ2) is 6.66. The Morgan fingerprint density at radius 2 is 1.76 bits per heavy atom. The Balaban J connectivity index is 1.53. The zero-order chi connectivity index (χ0) is 14.8. The van der Waals surface area contributed by atoms with Crippen LogP contribution in [0.25, 0.3) is 0 Å². The molecule has 1 aliphatic heterocycles. The van der Waals surface area contributed by atoms with E-state index in [1.807, 2.05) is 0 Å². The minimum Gasteiger partial charge on any atom is -0.381 e. The smallest absolute Gasteiger partial charge is 0.223 e. The highest BCUT2D eigenvalue weighted by atomic mass is 16.5. The number of nitrogens with one attached hydrogen (secondary N) is 1. The van der Waals surface area contributed by atoms with Gasteiger partial charge in [-0.1, -0.05) is 6.42 Å².